The molecule has 3 aromatic carbocycles. The van der Waals surface area contributed by atoms with Crippen LogP contribution in [0.3, 0.4) is 0 Å². The van der Waals surface area contributed by atoms with Crippen LogP contribution in [0.4, 0.5) is 4.39 Å². The molecule has 1 amide bonds. The second-order valence-corrected chi connectivity index (χ2v) is 7.86. The van der Waals surface area contributed by atoms with Gasteiger partial charge in [-0.2, -0.15) is 0 Å². The summed E-state index contributed by atoms with van der Waals surface area (Å²) in [5.74, 6) is 0.412. The van der Waals surface area contributed by atoms with Crippen LogP contribution in [0.2, 0.25) is 0 Å². The summed E-state index contributed by atoms with van der Waals surface area (Å²) < 4.78 is 26.1. The summed E-state index contributed by atoms with van der Waals surface area (Å²) >= 11 is 0. The Bertz CT molecular complexity index is 1470. The minimum Gasteiger partial charge on any atom is -0.497 e. The molecule has 0 saturated carbocycles. The Kier molecular flexibility index (Phi) is 6.96. The molecule has 0 bridgehead atoms. The summed E-state index contributed by atoms with van der Waals surface area (Å²) in [4.78, 5) is 38.6. The van der Waals surface area contributed by atoms with Crippen molar-refractivity contribution in [1.29, 1.82) is 0 Å². The maximum absolute atomic E-state index is 13.1. The first-order valence-electron chi connectivity index (χ1n) is 10.9. The highest BCUT2D eigenvalue weighted by Gasteiger charge is 2.14. The lowest BCUT2D eigenvalue weighted by Gasteiger charge is -2.13. The van der Waals surface area contributed by atoms with Gasteiger partial charge in [0.05, 0.1) is 24.6 Å². The minimum absolute atomic E-state index is 0.00723. The number of nitrogens with one attached hydrogen (secondary N) is 1. The van der Waals surface area contributed by atoms with Gasteiger partial charge in [-0.05, 0) is 60.2 Å². The number of carbonyl (C=O) groups is 1. The van der Waals surface area contributed by atoms with Crippen molar-refractivity contribution in [3.63, 3.8) is 0 Å². The van der Waals surface area contributed by atoms with Crippen molar-refractivity contribution in [1.82, 2.24) is 14.5 Å². The van der Waals surface area contributed by atoms with E-state index < -0.39 is 11.2 Å². The molecule has 1 aromatic heterocycles. The zero-order valence-electron chi connectivity index (χ0n) is 19.3. The minimum atomic E-state index is -0.518. The molecule has 0 aliphatic heterocycles. The van der Waals surface area contributed by atoms with Gasteiger partial charge in [0.25, 0.3) is 11.5 Å². The predicted octanol–water partition coefficient (Wildman–Crippen LogP) is 2.86. The van der Waals surface area contributed by atoms with E-state index in [-0.39, 0.29) is 30.3 Å². The molecule has 8 nitrogen and oxygen atoms in total. The normalized spacial score (nSPS) is 10.8. The second-order valence-electron chi connectivity index (χ2n) is 7.86. The first-order valence-corrected chi connectivity index (χ1v) is 10.9. The fourth-order valence-electron chi connectivity index (χ4n) is 3.67. The highest BCUT2D eigenvalue weighted by molar-refractivity contribution is 5.97. The Morgan fingerprint density at radius 1 is 0.971 bits per heavy atom. The molecule has 9 heteroatoms. The predicted molar refractivity (Wildman–Crippen MR) is 130 cm³/mol. The molecule has 0 unspecified atom stereocenters. The number of aryl methyl sites for hydroxylation is 1. The fourth-order valence-corrected chi connectivity index (χ4v) is 3.67. The Morgan fingerprint density at radius 2 is 1.66 bits per heavy atom. The van der Waals surface area contributed by atoms with Crippen LogP contribution in [0, 0.1) is 5.82 Å². The summed E-state index contributed by atoms with van der Waals surface area (Å²) in [6, 6.07) is 17.4. The Hall–Kier alpha value is -4.40. The molecule has 1 heterocycles. The average Bonchev–Trinajstić information content (AvgIpc) is 2.89. The Labute approximate surface area is 200 Å². The van der Waals surface area contributed by atoms with E-state index in [0.717, 1.165) is 15.9 Å². The number of halogens is 1. The van der Waals surface area contributed by atoms with Crippen molar-refractivity contribution < 1.29 is 18.7 Å². The van der Waals surface area contributed by atoms with E-state index in [2.05, 4.69) is 5.32 Å². The Balaban J connectivity index is 1.53. The second kappa shape index (κ2) is 10.3. The van der Waals surface area contributed by atoms with Crippen LogP contribution in [0.5, 0.6) is 11.5 Å². The van der Waals surface area contributed by atoms with Crippen LogP contribution >= 0.6 is 0 Å². The number of fused-ring (bicyclic) bond motifs is 1. The summed E-state index contributed by atoms with van der Waals surface area (Å²) in [5, 5.41) is 3.07. The van der Waals surface area contributed by atoms with E-state index in [1.165, 1.54) is 34.9 Å². The maximum atomic E-state index is 13.1. The lowest BCUT2D eigenvalue weighted by molar-refractivity contribution is 0.0951. The molecule has 35 heavy (non-hydrogen) atoms. The quantitative estimate of drug-likeness (QED) is 0.422. The van der Waals surface area contributed by atoms with Gasteiger partial charge in [-0.15, -0.1) is 0 Å². The van der Waals surface area contributed by atoms with E-state index in [1.807, 2.05) is 12.1 Å². The third-order valence-corrected chi connectivity index (χ3v) is 5.62. The van der Waals surface area contributed by atoms with Crippen LogP contribution in [-0.4, -0.2) is 28.8 Å². The van der Waals surface area contributed by atoms with E-state index >= 15 is 0 Å². The van der Waals surface area contributed by atoms with Crippen LogP contribution in [0.15, 0.2) is 76.3 Å². The summed E-state index contributed by atoms with van der Waals surface area (Å²) in [6.07, 6.45) is 0. The van der Waals surface area contributed by atoms with E-state index in [0.29, 0.717) is 23.4 Å². The number of benzene rings is 3. The van der Waals surface area contributed by atoms with Gasteiger partial charge in [-0.1, -0.05) is 12.1 Å². The van der Waals surface area contributed by atoms with E-state index in [4.69, 9.17) is 9.47 Å². The van der Waals surface area contributed by atoms with Gasteiger partial charge in [0.1, 0.15) is 23.9 Å². The summed E-state index contributed by atoms with van der Waals surface area (Å²) in [6.45, 7) is 0.333. The third kappa shape index (κ3) is 5.24. The number of hydrogen-bond donors (Lipinski definition) is 1. The zero-order valence-corrected chi connectivity index (χ0v) is 19.3. The Morgan fingerprint density at radius 3 is 2.34 bits per heavy atom. The molecule has 0 aliphatic rings. The fraction of sp³-hybridized carbons (Fsp3) is 0.192. The van der Waals surface area contributed by atoms with Gasteiger partial charge in [-0.3, -0.25) is 18.7 Å². The van der Waals surface area contributed by atoms with Crippen LogP contribution in [0.1, 0.15) is 15.9 Å². The van der Waals surface area contributed by atoms with Gasteiger partial charge in [0.15, 0.2) is 0 Å². The molecule has 4 aromatic rings. The zero-order chi connectivity index (χ0) is 24.9. The molecule has 180 valence electrons. The number of rotatable bonds is 8. The number of hydrogen-bond acceptors (Lipinski definition) is 5. The van der Waals surface area contributed by atoms with E-state index in [1.54, 1.807) is 38.4 Å². The van der Waals surface area contributed by atoms with Gasteiger partial charge in [0.2, 0.25) is 0 Å². The summed E-state index contributed by atoms with van der Waals surface area (Å²) in [7, 11) is 3.14. The van der Waals surface area contributed by atoms with Crippen molar-refractivity contribution in [3.8, 4) is 11.5 Å². The number of ether oxygens (including phenoxy) is 2. The monoisotopic (exact) mass is 477 g/mol. The third-order valence-electron chi connectivity index (χ3n) is 5.62. The van der Waals surface area contributed by atoms with E-state index in [9.17, 15) is 18.8 Å². The summed E-state index contributed by atoms with van der Waals surface area (Å²) in [5.41, 5.74) is 0.599. The van der Waals surface area contributed by atoms with Crippen molar-refractivity contribution in [3.05, 3.63) is 105 Å². The van der Waals surface area contributed by atoms with Gasteiger partial charge < -0.3 is 14.8 Å². The average molecular weight is 477 g/mol. The van der Waals surface area contributed by atoms with Crippen molar-refractivity contribution in [2.45, 2.75) is 13.1 Å². The number of amides is 1. The molecule has 0 fully saturated rings. The molecule has 4 rings (SSSR count). The molecule has 0 aliphatic carbocycles. The van der Waals surface area contributed by atoms with Crippen molar-refractivity contribution in [2.75, 3.05) is 13.7 Å². The molecule has 0 radical (unpaired) electrons. The highest BCUT2D eigenvalue weighted by atomic mass is 19.1. The number of methoxy groups -OCH3 is 1. The van der Waals surface area contributed by atoms with Crippen molar-refractivity contribution in [2.24, 2.45) is 7.05 Å². The number of carbonyl (C=O) groups excluding carboxylic acids is 1. The molecular weight excluding hydrogens is 453 g/mol. The lowest BCUT2D eigenvalue weighted by Crippen LogP contribution is -2.40. The smallest absolute Gasteiger partial charge is 0.331 e. The molecular formula is C26H24FN3O5. The largest absolute Gasteiger partial charge is 0.497 e. The molecule has 0 spiro atoms. The maximum Gasteiger partial charge on any atom is 0.331 e. The standard InChI is InChI=1S/C26H24FN3O5/c1-29-23-12-5-18(24(31)28-16-17-3-8-20(34-2)9-4-17)15-22(23)25(32)30(26(29)33)13-14-35-21-10-6-19(27)7-11-21/h3-12,15H,13-14,16H2,1-2H3,(H,28,31). The van der Waals surface area contributed by atoms with Gasteiger partial charge in [-0.25, -0.2) is 9.18 Å². The first kappa shape index (κ1) is 23.7. The lowest BCUT2D eigenvalue weighted by atomic mass is 10.1. The number of nitrogens with zero attached hydrogens (tertiary/aromatic N) is 2. The molecule has 0 saturated heterocycles. The SMILES string of the molecule is COc1ccc(CNC(=O)c2ccc3c(c2)c(=O)n(CCOc2ccc(F)cc2)c(=O)n3C)cc1. The van der Waals surface area contributed by atoms with Crippen LogP contribution in [-0.2, 0) is 20.1 Å². The van der Waals surface area contributed by atoms with Gasteiger partial charge >= 0.3 is 5.69 Å². The van der Waals surface area contributed by atoms with Crippen LogP contribution < -0.4 is 26.0 Å². The van der Waals surface area contributed by atoms with Gasteiger partial charge in [0, 0.05) is 19.2 Å². The number of aromatic nitrogens is 2. The topological polar surface area (TPSA) is 91.6 Å². The first-order chi connectivity index (χ1) is 16.9. The highest BCUT2D eigenvalue weighted by Crippen LogP contribution is 2.14. The molecule has 0 atom stereocenters. The molecule has 1 N–H and O–H groups in total. The van der Waals surface area contributed by atoms with Crippen LogP contribution in [0.25, 0.3) is 10.9 Å². The van der Waals surface area contributed by atoms with Crippen molar-refractivity contribution >= 4 is 16.8 Å².